The van der Waals surface area contributed by atoms with Crippen molar-refractivity contribution in [3.05, 3.63) is 23.8 Å². The van der Waals surface area contributed by atoms with Gasteiger partial charge < -0.3 is 9.84 Å². The van der Waals surface area contributed by atoms with E-state index in [-0.39, 0.29) is 10.5 Å². The average molecular weight is 333 g/mol. The SMILES string of the molecule is COC(=O)c1cc(S(N)(=O)=O)ccc1SCCC(C)(C)O. The molecule has 0 aromatic heterocycles. The number of primary sulfonamides is 1. The molecule has 0 aliphatic heterocycles. The number of carbonyl (C=O) groups excluding carboxylic acids is 1. The minimum atomic E-state index is -3.88. The summed E-state index contributed by atoms with van der Waals surface area (Å²) in [5.74, 6) is -0.0615. The van der Waals surface area contributed by atoms with Crippen LogP contribution in [0.1, 0.15) is 30.6 Å². The molecule has 3 N–H and O–H groups in total. The minimum absolute atomic E-state index is 0.143. The fourth-order valence-electron chi connectivity index (χ4n) is 1.49. The van der Waals surface area contributed by atoms with Crippen molar-refractivity contribution in [1.82, 2.24) is 0 Å². The highest BCUT2D eigenvalue weighted by atomic mass is 32.2. The summed E-state index contributed by atoms with van der Waals surface area (Å²) in [7, 11) is -2.67. The third-order valence-electron chi connectivity index (χ3n) is 2.66. The van der Waals surface area contributed by atoms with Gasteiger partial charge in [-0.1, -0.05) is 0 Å². The van der Waals surface area contributed by atoms with Crippen molar-refractivity contribution in [3.8, 4) is 0 Å². The number of methoxy groups -OCH3 is 1. The van der Waals surface area contributed by atoms with Crippen molar-refractivity contribution in [1.29, 1.82) is 0 Å². The van der Waals surface area contributed by atoms with Crippen LogP contribution >= 0.6 is 11.8 Å². The van der Waals surface area contributed by atoms with Crippen molar-refractivity contribution < 1.29 is 23.1 Å². The van der Waals surface area contributed by atoms with Crippen molar-refractivity contribution in [2.75, 3.05) is 12.9 Å². The van der Waals surface area contributed by atoms with E-state index in [1.54, 1.807) is 13.8 Å². The Labute approximate surface area is 128 Å². The van der Waals surface area contributed by atoms with Crippen LogP contribution in [-0.4, -0.2) is 38.0 Å². The molecule has 0 amide bonds. The number of benzene rings is 1. The van der Waals surface area contributed by atoms with Gasteiger partial charge in [0.05, 0.1) is 23.2 Å². The van der Waals surface area contributed by atoms with E-state index >= 15 is 0 Å². The molecular formula is C13H19NO5S2. The number of sulfonamides is 1. The number of aliphatic hydroxyl groups is 1. The maximum atomic E-state index is 11.8. The predicted octanol–water partition coefficient (Wildman–Crippen LogP) is 1.37. The summed E-state index contributed by atoms with van der Waals surface area (Å²) in [4.78, 5) is 12.2. The van der Waals surface area contributed by atoms with Crippen LogP contribution in [0, 0.1) is 0 Å². The highest BCUT2D eigenvalue weighted by Crippen LogP contribution is 2.28. The number of nitrogens with two attached hydrogens (primary N) is 1. The quantitative estimate of drug-likeness (QED) is 0.601. The summed E-state index contributed by atoms with van der Waals surface area (Å²) in [5.41, 5.74) is -0.663. The van der Waals surface area contributed by atoms with Gasteiger partial charge >= 0.3 is 5.97 Å². The van der Waals surface area contributed by atoms with Crippen LogP contribution < -0.4 is 5.14 Å². The number of esters is 1. The fraction of sp³-hybridized carbons (Fsp3) is 0.462. The second kappa shape index (κ2) is 6.78. The number of hydrogen-bond donors (Lipinski definition) is 2. The van der Waals surface area contributed by atoms with Crippen LogP contribution in [0.4, 0.5) is 0 Å². The fourth-order valence-corrected chi connectivity index (χ4v) is 3.32. The largest absolute Gasteiger partial charge is 0.465 e. The van der Waals surface area contributed by atoms with Gasteiger partial charge in [-0.05, 0) is 38.5 Å². The first-order valence-electron chi connectivity index (χ1n) is 6.15. The van der Waals surface area contributed by atoms with Gasteiger partial charge in [0.2, 0.25) is 10.0 Å². The third-order valence-corrected chi connectivity index (χ3v) is 4.64. The molecule has 8 heteroatoms. The lowest BCUT2D eigenvalue weighted by Crippen LogP contribution is -2.19. The molecule has 6 nitrogen and oxygen atoms in total. The summed E-state index contributed by atoms with van der Waals surface area (Å²) in [6.45, 7) is 3.39. The second-order valence-electron chi connectivity index (χ2n) is 5.11. The molecule has 0 radical (unpaired) electrons. The molecule has 0 aliphatic rings. The minimum Gasteiger partial charge on any atom is -0.465 e. The Kier molecular flexibility index (Phi) is 5.80. The number of ether oxygens (including phenoxy) is 1. The molecule has 0 heterocycles. The summed E-state index contributed by atoms with van der Waals surface area (Å²) < 4.78 is 27.3. The molecule has 0 atom stereocenters. The van der Waals surface area contributed by atoms with Gasteiger partial charge in [-0.25, -0.2) is 18.4 Å². The second-order valence-corrected chi connectivity index (χ2v) is 7.80. The summed E-state index contributed by atoms with van der Waals surface area (Å²) >= 11 is 1.34. The number of hydrogen-bond acceptors (Lipinski definition) is 6. The Morgan fingerprint density at radius 3 is 2.52 bits per heavy atom. The monoisotopic (exact) mass is 333 g/mol. The van der Waals surface area contributed by atoms with Crippen molar-refractivity contribution in [2.24, 2.45) is 5.14 Å². The van der Waals surface area contributed by atoms with Gasteiger partial charge in [0.1, 0.15) is 0 Å². The van der Waals surface area contributed by atoms with E-state index in [9.17, 15) is 18.3 Å². The first-order valence-corrected chi connectivity index (χ1v) is 8.68. The molecule has 0 bridgehead atoms. The Hall–Kier alpha value is -1.09. The Bertz CT molecular complexity index is 620. The molecule has 1 aromatic rings. The standard InChI is InChI=1S/C13H19NO5S2/c1-13(2,16)6-7-20-11-5-4-9(21(14,17)18)8-10(11)12(15)19-3/h4-5,8,16H,6-7H2,1-3H3,(H2,14,17,18). The zero-order chi connectivity index (χ0) is 16.3. The maximum Gasteiger partial charge on any atom is 0.339 e. The van der Waals surface area contributed by atoms with Crippen LogP contribution in [0.3, 0.4) is 0 Å². The molecule has 0 spiro atoms. The predicted molar refractivity (Wildman–Crippen MR) is 80.8 cm³/mol. The van der Waals surface area contributed by atoms with Crippen LogP contribution in [0.2, 0.25) is 0 Å². The Balaban J connectivity index is 3.06. The Morgan fingerprint density at radius 2 is 2.05 bits per heavy atom. The van der Waals surface area contributed by atoms with Gasteiger partial charge in [-0.2, -0.15) is 0 Å². The first-order chi connectivity index (χ1) is 9.54. The van der Waals surface area contributed by atoms with Crippen molar-refractivity contribution >= 4 is 27.8 Å². The van der Waals surface area contributed by atoms with E-state index in [2.05, 4.69) is 4.74 Å². The molecular weight excluding hydrogens is 314 g/mol. The molecule has 0 aliphatic carbocycles. The molecule has 118 valence electrons. The average Bonchev–Trinajstić information content (AvgIpc) is 2.35. The van der Waals surface area contributed by atoms with E-state index < -0.39 is 21.6 Å². The zero-order valence-electron chi connectivity index (χ0n) is 12.1. The van der Waals surface area contributed by atoms with E-state index in [1.165, 1.54) is 37.1 Å². The molecule has 1 aromatic carbocycles. The third kappa shape index (κ3) is 5.66. The number of carbonyl (C=O) groups is 1. The van der Waals surface area contributed by atoms with E-state index in [0.717, 1.165) is 0 Å². The van der Waals surface area contributed by atoms with E-state index in [4.69, 9.17) is 5.14 Å². The highest BCUT2D eigenvalue weighted by Gasteiger charge is 2.18. The lowest BCUT2D eigenvalue weighted by atomic mass is 10.1. The van der Waals surface area contributed by atoms with Crippen molar-refractivity contribution in [2.45, 2.75) is 35.7 Å². The van der Waals surface area contributed by atoms with Crippen LogP contribution in [-0.2, 0) is 14.8 Å². The van der Waals surface area contributed by atoms with E-state index in [0.29, 0.717) is 17.1 Å². The molecule has 1 rings (SSSR count). The van der Waals surface area contributed by atoms with Gasteiger partial charge in [-0.3, -0.25) is 0 Å². The molecule has 0 unspecified atom stereocenters. The maximum absolute atomic E-state index is 11.8. The lowest BCUT2D eigenvalue weighted by Gasteiger charge is -2.16. The van der Waals surface area contributed by atoms with E-state index in [1.807, 2.05) is 0 Å². The van der Waals surface area contributed by atoms with Gasteiger partial charge in [-0.15, -0.1) is 11.8 Å². The Morgan fingerprint density at radius 1 is 1.43 bits per heavy atom. The van der Waals surface area contributed by atoms with Gasteiger partial charge in [0, 0.05) is 10.6 Å². The van der Waals surface area contributed by atoms with Gasteiger partial charge in [0.25, 0.3) is 0 Å². The topological polar surface area (TPSA) is 107 Å². The highest BCUT2D eigenvalue weighted by molar-refractivity contribution is 7.99. The normalized spacial score (nSPS) is 12.2. The summed E-state index contributed by atoms with van der Waals surface area (Å²) in [6.07, 6.45) is 0.523. The van der Waals surface area contributed by atoms with Crippen LogP contribution in [0.25, 0.3) is 0 Å². The van der Waals surface area contributed by atoms with Gasteiger partial charge in [0.15, 0.2) is 0 Å². The number of rotatable bonds is 6. The molecule has 0 fully saturated rings. The lowest BCUT2D eigenvalue weighted by molar-refractivity contribution is 0.0596. The summed E-state index contributed by atoms with van der Waals surface area (Å²) in [5, 5.41) is 14.7. The zero-order valence-corrected chi connectivity index (χ0v) is 13.8. The number of thioether (sulfide) groups is 1. The van der Waals surface area contributed by atoms with Crippen LogP contribution in [0.15, 0.2) is 28.0 Å². The smallest absolute Gasteiger partial charge is 0.339 e. The first kappa shape index (κ1) is 18.0. The molecule has 21 heavy (non-hydrogen) atoms. The van der Waals surface area contributed by atoms with Crippen LogP contribution in [0.5, 0.6) is 0 Å². The molecule has 0 saturated heterocycles. The summed E-state index contributed by atoms with van der Waals surface area (Å²) in [6, 6.07) is 4.06. The van der Waals surface area contributed by atoms with Crippen molar-refractivity contribution in [3.63, 3.8) is 0 Å². The molecule has 0 saturated carbocycles.